The van der Waals surface area contributed by atoms with E-state index in [0.29, 0.717) is 11.6 Å². The maximum absolute atomic E-state index is 10.3. The van der Waals surface area contributed by atoms with E-state index < -0.39 is 6.10 Å². The fraction of sp³-hybridized carbons (Fsp3) is 0.294. The van der Waals surface area contributed by atoms with E-state index in [9.17, 15) is 5.11 Å². The van der Waals surface area contributed by atoms with Gasteiger partial charge in [-0.1, -0.05) is 54.1 Å². The van der Waals surface area contributed by atoms with Gasteiger partial charge in [0, 0.05) is 18.1 Å². The Morgan fingerprint density at radius 2 is 1.81 bits per heavy atom. The minimum absolute atomic E-state index is 0. The molecule has 1 atom stereocenters. The Morgan fingerprint density at radius 1 is 1.14 bits per heavy atom. The SMILES string of the molecule is Cc1ccc(C(O)CN(C)Cc2ccccc2)cc1Cl.Cl. The number of halogens is 2. The van der Waals surface area contributed by atoms with Crippen molar-refractivity contribution < 1.29 is 5.11 Å². The number of aliphatic hydroxyl groups excluding tert-OH is 1. The van der Waals surface area contributed by atoms with E-state index >= 15 is 0 Å². The fourth-order valence-corrected chi connectivity index (χ4v) is 2.37. The predicted octanol–water partition coefficient (Wildman–Crippen LogP) is 4.24. The first-order valence-corrected chi connectivity index (χ1v) is 7.10. The van der Waals surface area contributed by atoms with E-state index in [1.807, 2.05) is 50.4 Å². The highest BCUT2D eigenvalue weighted by Crippen LogP contribution is 2.22. The number of aryl methyl sites for hydroxylation is 1. The molecule has 4 heteroatoms. The molecular weight excluding hydrogens is 305 g/mol. The van der Waals surface area contributed by atoms with Gasteiger partial charge in [-0.2, -0.15) is 0 Å². The summed E-state index contributed by atoms with van der Waals surface area (Å²) in [5, 5.41) is 11.0. The van der Waals surface area contributed by atoms with Crippen molar-refractivity contribution in [2.75, 3.05) is 13.6 Å². The van der Waals surface area contributed by atoms with Crippen LogP contribution in [0, 0.1) is 6.92 Å². The molecule has 0 amide bonds. The average molecular weight is 326 g/mol. The molecule has 1 N–H and O–H groups in total. The van der Waals surface area contributed by atoms with E-state index in [2.05, 4.69) is 17.0 Å². The summed E-state index contributed by atoms with van der Waals surface area (Å²) in [6.07, 6.45) is -0.526. The molecule has 0 aliphatic carbocycles. The molecule has 0 bridgehead atoms. The van der Waals surface area contributed by atoms with Gasteiger partial charge in [-0.25, -0.2) is 0 Å². The summed E-state index contributed by atoms with van der Waals surface area (Å²) in [5.74, 6) is 0. The Morgan fingerprint density at radius 3 is 2.43 bits per heavy atom. The summed E-state index contributed by atoms with van der Waals surface area (Å²) in [5.41, 5.74) is 3.13. The van der Waals surface area contributed by atoms with Gasteiger partial charge in [0.15, 0.2) is 0 Å². The minimum Gasteiger partial charge on any atom is -0.387 e. The topological polar surface area (TPSA) is 23.5 Å². The Balaban J connectivity index is 0.00000220. The molecule has 2 rings (SSSR count). The summed E-state index contributed by atoms with van der Waals surface area (Å²) in [7, 11) is 2.01. The van der Waals surface area contributed by atoms with Crippen LogP contribution in [0.3, 0.4) is 0 Å². The van der Waals surface area contributed by atoms with Crippen molar-refractivity contribution in [3.63, 3.8) is 0 Å². The third-order valence-corrected chi connectivity index (χ3v) is 3.77. The molecule has 2 aromatic rings. The van der Waals surface area contributed by atoms with Crippen LogP contribution < -0.4 is 0 Å². The molecule has 2 aromatic carbocycles. The number of likely N-dealkylation sites (N-methyl/N-ethyl adjacent to an activating group) is 1. The van der Waals surface area contributed by atoms with Crippen molar-refractivity contribution in [1.82, 2.24) is 4.90 Å². The summed E-state index contributed by atoms with van der Waals surface area (Å²) < 4.78 is 0. The number of hydrogen-bond acceptors (Lipinski definition) is 2. The van der Waals surface area contributed by atoms with Gasteiger partial charge >= 0.3 is 0 Å². The van der Waals surface area contributed by atoms with Gasteiger partial charge in [0.05, 0.1) is 6.10 Å². The van der Waals surface area contributed by atoms with E-state index in [4.69, 9.17) is 11.6 Å². The lowest BCUT2D eigenvalue weighted by Crippen LogP contribution is -2.24. The molecule has 114 valence electrons. The van der Waals surface area contributed by atoms with Gasteiger partial charge in [0.25, 0.3) is 0 Å². The van der Waals surface area contributed by atoms with E-state index in [0.717, 1.165) is 17.7 Å². The second-order valence-electron chi connectivity index (χ2n) is 5.21. The first-order valence-electron chi connectivity index (χ1n) is 6.73. The summed E-state index contributed by atoms with van der Waals surface area (Å²) in [6.45, 7) is 3.35. The van der Waals surface area contributed by atoms with Crippen LogP contribution in [-0.4, -0.2) is 23.6 Å². The van der Waals surface area contributed by atoms with Crippen LogP contribution in [0.1, 0.15) is 22.8 Å². The molecule has 0 spiro atoms. The molecule has 21 heavy (non-hydrogen) atoms. The second kappa shape index (κ2) is 8.40. The summed E-state index contributed by atoms with van der Waals surface area (Å²) >= 11 is 6.10. The van der Waals surface area contributed by atoms with Crippen LogP contribution in [0.25, 0.3) is 0 Å². The average Bonchev–Trinajstić information content (AvgIpc) is 2.42. The first kappa shape index (κ1) is 18.0. The van der Waals surface area contributed by atoms with Crippen molar-refractivity contribution in [2.24, 2.45) is 0 Å². The normalized spacial score (nSPS) is 12.0. The monoisotopic (exact) mass is 325 g/mol. The molecule has 0 radical (unpaired) electrons. The summed E-state index contributed by atoms with van der Waals surface area (Å²) in [6, 6.07) is 16.0. The van der Waals surface area contributed by atoms with Gasteiger partial charge in [-0.05, 0) is 36.7 Å². The van der Waals surface area contributed by atoms with Crippen molar-refractivity contribution in [2.45, 2.75) is 19.6 Å². The quantitative estimate of drug-likeness (QED) is 0.888. The largest absolute Gasteiger partial charge is 0.387 e. The van der Waals surface area contributed by atoms with Gasteiger partial charge in [-0.3, -0.25) is 4.90 Å². The smallest absolute Gasteiger partial charge is 0.0917 e. The van der Waals surface area contributed by atoms with Crippen LogP contribution in [-0.2, 0) is 6.54 Å². The molecular formula is C17H21Cl2NO. The van der Waals surface area contributed by atoms with E-state index in [1.165, 1.54) is 5.56 Å². The zero-order chi connectivity index (χ0) is 14.5. The zero-order valence-corrected chi connectivity index (χ0v) is 13.9. The Hall–Kier alpha value is -1.06. The van der Waals surface area contributed by atoms with Crippen molar-refractivity contribution in [3.05, 3.63) is 70.2 Å². The van der Waals surface area contributed by atoms with Crippen LogP contribution in [0.15, 0.2) is 48.5 Å². The Labute approximate surface area is 137 Å². The van der Waals surface area contributed by atoms with Crippen molar-refractivity contribution >= 4 is 24.0 Å². The lowest BCUT2D eigenvalue weighted by Gasteiger charge is -2.21. The molecule has 0 saturated carbocycles. The molecule has 0 fully saturated rings. The van der Waals surface area contributed by atoms with Gasteiger partial charge in [-0.15, -0.1) is 12.4 Å². The van der Waals surface area contributed by atoms with Gasteiger partial charge < -0.3 is 5.11 Å². The number of nitrogens with zero attached hydrogens (tertiary/aromatic N) is 1. The standard InChI is InChI=1S/C17H20ClNO.ClH/c1-13-8-9-15(10-16(13)18)17(20)12-19(2)11-14-6-4-3-5-7-14;/h3-10,17,20H,11-12H2,1-2H3;1H. The number of rotatable bonds is 5. The molecule has 2 nitrogen and oxygen atoms in total. The number of benzene rings is 2. The highest BCUT2D eigenvalue weighted by molar-refractivity contribution is 6.31. The van der Waals surface area contributed by atoms with Gasteiger partial charge in [0.1, 0.15) is 0 Å². The Kier molecular flexibility index (Phi) is 7.20. The maximum atomic E-state index is 10.3. The van der Waals surface area contributed by atoms with Crippen molar-refractivity contribution in [3.8, 4) is 0 Å². The van der Waals surface area contributed by atoms with Crippen LogP contribution in [0.4, 0.5) is 0 Å². The number of aliphatic hydroxyl groups is 1. The predicted molar refractivity (Wildman–Crippen MR) is 91.2 cm³/mol. The van der Waals surface area contributed by atoms with Gasteiger partial charge in [0.2, 0.25) is 0 Å². The lowest BCUT2D eigenvalue weighted by molar-refractivity contribution is 0.124. The fourth-order valence-electron chi connectivity index (χ4n) is 2.18. The molecule has 0 aliphatic rings. The van der Waals surface area contributed by atoms with Crippen molar-refractivity contribution in [1.29, 1.82) is 0 Å². The number of hydrogen-bond donors (Lipinski definition) is 1. The maximum Gasteiger partial charge on any atom is 0.0917 e. The molecule has 0 aliphatic heterocycles. The molecule has 0 saturated heterocycles. The van der Waals surface area contributed by atoms with Crippen LogP contribution in [0.2, 0.25) is 5.02 Å². The second-order valence-corrected chi connectivity index (χ2v) is 5.61. The highest BCUT2D eigenvalue weighted by atomic mass is 35.5. The summed E-state index contributed by atoms with van der Waals surface area (Å²) in [4.78, 5) is 2.10. The Bertz CT molecular complexity index is 560. The molecule has 1 unspecified atom stereocenters. The molecule has 0 aromatic heterocycles. The molecule has 0 heterocycles. The van der Waals surface area contributed by atoms with E-state index in [-0.39, 0.29) is 12.4 Å². The van der Waals surface area contributed by atoms with Crippen LogP contribution in [0.5, 0.6) is 0 Å². The third-order valence-electron chi connectivity index (χ3n) is 3.36. The highest BCUT2D eigenvalue weighted by Gasteiger charge is 2.12. The van der Waals surface area contributed by atoms with Crippen LogP contribution >= 0.6 is 24.0 Å². The van der Waals surface area contributed by atoms with E-state index in [1.54, 1.807) is 0 Å². The lowest BCUT2D eigenvalue weighted by atomic mass is 10.1. The zero-order valence-electron chi connectivity index (χ0n) is 12.3. The first-order chi connectivity index (χ1) is 9.56. The minimum atomic E-state index is -0.526. The third kappa shape index (κ3) is 5.33.